The predicted molar refractivity (Wildman–Crippen MR) is 57.7 cm³/mol. The van der Waals surface area contributed by atoms with Gasteiger partial charge in [0.15, 0.2) is 0 Å². The molecule has 2 heteroatoms. The Morgan fingerprint density at radius 1 is 1.54 bits per heavy atom. The van der Waals surface area contributed by atoms with Crippen LogP contribution in [0, 0.1) is 0 Å². The number of nitrogens with zero attached hydrogens (tertiary/aromatic N) is 2. The molecule has 0 aromatic rings. The first-order valence-electron chi connectivity index (χ1n) is 5.08. The molecule has 1 fully saturated rings. The molecule has 1 aliphatic rings. The fourth-order valence-electron chi connectivity index (χ4n) is 2.06. The number of hydrogen-bond acceptors (Lipinski definition) is 2. The van der Waals surface area contributed by atoms with Crippen molar-refractivity contribution in [3.8, 4) is 0 Å². The van der Waals surface area contributed by atoms with E-state index in [-0.39, 0.29) is 5.54 Å². The molecule has 0 bridgehead atoms. The van der Waals surface area contributed by atoms with Gasteiger partial charge in [-0.3, -0.25) is 4.90 Å². The molecular weight excluding hydrogens is 160 g/mol. The van der Waals surface area contributed by atoms with E-state index in [1.807, 2.05) is 0 Å². The molecule has 0 radical (unpaired) electrons. The van der Waals surface area contributed by atoms with Crippen LogP contribution in [0.3, 0.4) is 0 Å². The maximum absolute atomic E-state index is 4.20. The highest BCUT2D eigenvalue weighted by atomic mass is 15.3. The summed E-state index contributed by atoms with van der Waals surface area (Å²) in [6.07, 6.45) is 0. The van der Waals surface area contributed by atoms with Gasteiger partial charge in [0.2, 0.25) is 0 Å². The monoisotopic (exact) mass is 182 g/mol. The van der Waals surface area contributed by atoms with Crippen LogP contribution in [0.2, 0.25) is 0 Å². The third-order valence-electron chi connectivity index (χ3n) is 3.42. The van der Waals surface area contributed by atoms with E-state index >= 15 is 0 Å². The van der Waals surface area contributed by atoms with Gasteiger partial charge in [0.05, 0.1) is 5.54 Å². The Labute approximate surface area is 82.2 Å². The van der Waals surface area contributed by atoms with E-state index < -0.39 is 0 Å². The van der Waals surface area contributed by atoms with Crippen LogP contribution in [0.15, 0.2) is 12.3 Å². The Morgan fingerprint density at radius 2 is 2.08 bits per heavy atom. The summed E-state index contributed by atoms with van der Waals surface area (Å²) in [5, 5.41) is 0. The van der Waals surface area contributed by atoms with Gasteiger partial charge >= 0.3 is 0 Å². The van der Waals surface area contributed by atoms with Crippen molar-refractivity contribution < 1.29 is 0 Å². The Bertz CT molecular complexity index is 208. The average molecular weight is 182 g/mol. The summed E-state index contributed by atoms with van der Waals surface area (Å²) in [6, 6.07) is 0.593. The van der Waals surface area contributed by atoms with Gasteiger partial charge in [-0.1, -0.05) is 6.58 Å². The molecule has 13 heavy (non-hydrogen) atoms. The average Bonchev–Trinajstić information content (AvgIpc) is 2.03. The van der Waals surface area contributed by atoms with E-state index in [2.05, 4.69) is 51.1 Å². The van der Waals surface area contributed by atoms with Gasteiger partial charge in [0, 0.05) is 24.8 Å². The first-order valence-corrected chi connectivity index (χ1v) is 5.08. The molecule has 0 aromatic heterocycles. The van der Waals surface area contributed by atoms with Crippen LogP contribution in [0.25, 0.3) is 0 Å². The van der Waals surface area contributed by atoms with Crippen molar-refractivity contribution in [2.75, 3.05) is 20.1 Å². The molecule has 0 amide bonds. The third kappa shape index (κ3) is 1.60. The summed E-state index contributed by atoms with van der Waals surface area (Å²) in [6.45, 7) is 15.3. The van der Waals surface area contributed by atoms with Crippen molar-refractivity contribution in [1.29, 1.82) is 0 Å². The van der Waals surface area contributed by atoms with E-state index in [1.165, 1.54) is 5.70 Å². The third-order valence-corrected chi connectivity index (χ3v) is 3.42. The largest absolute Gasteiger partial charge is 0.370 e. The van der Waals surface area contributed by atoms with E-state index in [0.717, 1.165) is 13.1 Å². The summed E-state index contributed by atoms with van der Waals surface area (Å²) in [7, 11) is 2.18. The van der Waals surface area contributed by atoms with Crippen LogP contribution < -0.4 is 0 Å². The van der Waals surface area contributed by atoms with Crippen molar-refractivity contribution in [3.05, 3.63) is 12.3 Å². The molecule has 1 saturated heterocycles. The fraction of sp³-hybridized carbons (Fsp3) is 0.818. The second kappa shape index (κ2) is 3.33. The van der Waals surface area contributed by atoms with Crippen molar-refractivity contribution in [2.24, 2.45) is 0 Å². The van der Waals surface area contributed by atoms with Crippen LogP contribution in [-0.2, 0) is 0 Å². The zero-order valence-corrected chi connectivity index (χ0v) is 9.59. The Kier molecular flexibility index (Phi) is 2.71. The molecule has 0 aromatic carbocycles. The van der Waals surface area contributed by atoms with E-state index in [4.69, 9.17) is 0 Å². The first-order chi connectivity index (χ1) is 5.91. The van der Waals surface area contributed by atoms with Crippen molar-refractivity contribution in [3.63, 3.8) is 0 Å². The summed E-state index contributed by atoms with van der Waals surface area (Å²) in [5.74, 6) is 0. The van der Waals surface area contributed by atoms with Crippen LogP contribution in [0.1, 0.15) is 27.7 Å². The second-order valence-electron chi connectivity index (χ2n) is 4.52. The van der Waals surface area contributed by atoms with Crippen molar-refractivity contribution >= 4 is 0 Å². The zero-order chi connectivity index (χ0) is 10.2. The molecular formula is C11H22N2. The van der Waals surface area contributed by atoms with Gasteiger partial charge in [0.25, 0.3) is 0 Å². The standard InChI is InChI=1S/C11H22N2/c1-7-13-9(2)8-12(6)11(4,5)10(13)3/h9H,3,7-8H2,1-2,4-6H3. The molecule has 0 spiro atoms. The highest BCUT2D eigenvalue weighted by Gasteiger charge is 2.37. The highest BCUT2D eigenvalue weighted by molar-refractivity contribution is 5.16. The number of likely N-dealkylation sites (N-methyl/N-ethyl adjacent to an activating group) is 2. The minimum atomic E-state index is 0.114. The van der Waals surface area contributed by atoms with Gasteiger partial charge < -0.3 is 4.90 Å². The first kappa shape index (κ1) is 10.6. The number of hydrogen-bond donors (Lipinski definition) is 0. The fourth-order valence-corrected chi connectivity index (χ4v) is 2.06. The summed E-state index contributed by atoms with van der Waals surface area (Å²) >= 11 is 0. The van der Waals surface area contributed by atoms with E-state index in [0.29, 0.717) is 6.04 Å². The van der Waals surface area contributed by atoms with Gasteiger partial charge in [-0.05, 0) is 34.7 Å². The lowest BCUT2D eigenvalue weighted by atomic mass is 9.93. The summed E-state index contributed by atoms with van der Waals surface area (Å²) in [5.41, 5.74) is 1.36. The van der Waals surface area contributed by atoms with Gasteiger partial charge in [0.1, 0.15) is 0 Å². The van der Waals surface area contributed by atoms with Gasteiger partial charge in [-0.2, -0.15) is 0 Å². The number of piperazine rings is 1. The number of rotatable bonds is 1. The molecule has 1 aliphatic heterocycles. The van der Waals surface area contributed by atoms with Crippen molar-refractivity contribution in [2.45, 2.75) is 39.3 Å². The lowest BCUT2D eigenvalue weighted by Gasteiger charge is -2.51. The van der Waals surface area contributed by atoms with E-state index in [1.54, 1.807) is 0 Å². The minimum Gasteiger partial charge on any atom is -0.370 e. The molecule has 1 atom stereocenters. The second-order valence-corrected chi connectivity index (χ2v) is 4.52. The van der Waals surface area contributed by atoms with Crippen molar-refractivity contribution in [1.82, 2.24) is 9.80 Å². The molecule has 0 N–H and O–H groups in total. The van der Waals surface area contributed by atoms with Crippen LogP contribution >= 0.6 is 0 Å². The summed E-state index contributed by atoms with van der Waals surface area (Å²) in [4.78, 5) is 4.78. The SMILES string of the molecule is C=C1N(CC)C(C)CN(C)C1(C)C. The van der Waals surface area contributed by atoms with E-state index in [9.17, 15) is 0 Å². The maximum atomic E-state index is 4.20. The summed E-state index contributed by atoms with van der Waals surface area (Å²) < 4.78 is 0. The lowest BCUT2D eigenvalue weighted by molar-refractivity contribution is 0.0560. The smallest absolute Gasteiger partial charge is 0.0545 e. The van der Waals surface area contributed by atoms with Gasteiger partial charge in [-0.15, -0.1) is 0 Å². The maximum Gasteiger partial charge on any atom is 0.0545 e. The molecule has 76 valence electrons. The Balaban J connectivity index is 2.89. The molecule has 2 nitrogen and oxygen atoms in total. The molecule has 1 unspecified atom stereocenters. The van der Waals surface area contributed by atoms with Crippen LogP contribution in [0.5, 0.6) is 0 Å². The lowest BCUT2D eigenvalue weighted by Crippen LogP contribution is -2.58. The Hall–Kier alpha value is -0.500. The minimum absolute atomic E-state index is 0.114. The normalized spacial score (nSPS) is 29.5. The predicted octanol–water partition coefficient (Wildman–Crippen LogP) is 1.93. The highest BCUT2D eigenvalue weighted by Crippen LogP contribution is 2.30. The molecule has 0 aliphatic carbocycles. The quantitative estimate of drug-likeness (QED) is 0.611. The van der Waals surface area contributed by atoms with Gasteiger partial charge in [-0.25, -0.2) is 0 Å². The topological polar surface area (TPSA) is 6.48 Å². The van der Waals surface area contributed by atoms with Crippen LogP contribution in [-0.4, -0.2) is 41.5 Å². The Morgan fingerprint density at radius 3 is 2.54 bits per heavy atom. The molecule has 1 rings (SSSR count). The van der Waals surface area contributed by atoms with Crippen LogP contribution in [0.4, 0.5) is 0 Å². The molecule has 1 heterocycles. The zero-order valence-electron chi connectivity index (χ0n) is 9.59. The molecule has 0 saturated carbocycles.